The Hall–Kier alpha value is -1.63. The number of hydrogen-bond acceptors (Lipinski definition) is 6. The average molecular weight is 330 g/mol. The maximum Gasteiger partial charge on any atom is 0.158 e. The van der Waals surface area contributed by atoms with Crippen molar-refractivity contribution in [1.82, 2.24) is 10.3 Å². The number of halogens is 2. The van der Waals surface area contributed by atoms with E-state index in [1.165, 1.54) is 12.1 Å². The monoisotopic (exact) mass is 329 g/mol. The number of thiol groups is 1. The Morgan fingerprint density at radius 2 is 1.80 bits per heavy atom. The lowest BCUT2D eigenvalue weighted by Gasteiger charge is -1.99. The van der Waals surface area contributed by atoms with Crippen LogP contribution >= 0.6 is 35.8 Å². The number of benzene rings is 2. The molecular formula is C12H9Cl2N3O2S. The maximum absolute atomic E-state index is 9.03. The topological polar surface area (TPSA) is 85.2 Å². The van der Waals surface area contributed by atoms with E-state index < -0.39 is 0 Å². The molecule has 3 N–H and O–H groups in total. The van der Waals surface area contributed by atoms with Crippen LogP contribution in [-0.4, -0.2) is 15.4 Å². The third kappa shape index (κ3) is 3.27. The van der Waals surface area contributed by atoms with Crippen LogP contribution in [0, 0.1) is 0 Å². The first kappa shape index (κ1) is 14.8. The van der Waals surface area contributed by atoms with Gasteiger partial charge in [-0.3, -0.25) is 0 Å². The second-order valence-electron chi connectivity index (χ2n) is 3.74. The maximum atomic E-state index is 9.03. The molecule has 0 amide bonds. The van der Waals surface area contributed by atoms with E-state index >= 15 is 0 Å². The smallest absolute Gasteiger partial charge is 0.158 e. The van der Waals surface area contributed by atoms with Gasteiger partial charge in [0.15, 0.2) is 11.3 Å². The number of anilines is 1. The summed E-state index contributed by atoms with van der Waals surface area (Å²) in [6.07, 6.45) is 0. The first-order valence-corrected chi connectivity index (χ1v) is 6.53. The summed E-state index contributed by atoms with van der Waals surface area (Å²) in [5.74, 6) is -0.0962. The Morgan fingerprint density at radius 1 is 1.15 bits per heavy atom. The number of fused-ring (bicyclic) bond motifs is 1. The molecule has 0 bridgehead atoms. The Balaban J connectivity index is 0.000000147. The summed E-state index contributed by atoms with van der Waals surface area (Å²) in [6, 6.07) is 8.40. The van der Waals surface area contributed by atoms with E-state index in [0.29, 0.717) is 21.6 Å². The van der Waals surface area contributed by atoms with Gasteiger partial charge in [0.2, 0.25) is 0 Å². The zero-order valence-electron chi connectivity index (χ0n) is 9.92. The summed E-state index contributed by atoms with van der Waals surface area (Å²) in [5, 5.41) is 16.7. The average Bonchev–Trinajstić information content (AvgIpc) is 2.86. The van der Waals surface area contributed by atoms with E-state index in [0.717, 1.165) is 0 Å². The number of nitrogens with zero attached hydrogens (tertiary/aromatic N) is 2. The summed E-state index contributed by atoms with van der Waals surface area (Å²) in [5.41, 5.74) is 7.46. The molecule has 0 unspecified atom stereocenters. The molecule has 1 aromatic heterocycles. The van der Waals surface area contributed by atoms with Crippen molar-refractivity contribution in [3.8, 4) is 5.75 Å². The van der Waals surface area contributed by atoms with Crippen LogP contribution in [0.5, 0.6) is 5.75 Å². The lowest BCUT2D eigenvalue weighted by Crippen LogP contribution is -1.84. The van der Waals surface area contributed by atoms with Crippen LogP contribution in [0.4, 0.5) is 5.69 Å². The number of nitrogens with two attached hydrogens (primary N) is 1. The van der Waals surface area contributed by atoms with Gasteiger partial charge in [-0.1, -0.05) is 29.3 Å². The number of hydrogen-bond donors (Lipinski definition) is 3. The summed E-state index contributed by atoms with van der Waals surface area (Å²) in [7, 11) is 0. The first-order chi connectivity index (χ1) is 9.49. The molecule has 0 aliphatic rings. The molecule has 8 heteroatoms. The van der Waals surface area contributed by atoms with Gasteiger partial charge in [0.25, 0.3) is 0 Å². The van der Waals surface area contributed by atoms with E-state index in [1.54, 1.807) is 12.1 Å². The largest absolute Gasteiger partial charge is 0.505 e. The standard InChI is InChI=1S/C6H4Cl2OS.C6H5N3O/c7-4-1-3(10)2-5(8)6(4)9;7-4-2-1-3-5-6(4)9-10-8-5/h1-2,9-10H;1-3H,7H2. The number of phenolic OH excluding ortho intramolecular Hbond substituents is 1. The van der Waals surface area contributed by atoms with Gasteiger partial charge >= 0.3 is 0 Å². The molecule has 0 radical (unpaired) electrons. The van der Waals surface area contributed by atoms with Crippen LogP contribution in [0.15, 0.2) is 39.9 Å². The number of phenols is 1. The second-order valence-corrected chi connectivity index (χ2v) is 5.07. The van der Waals surface area contributed by atoms with Crippen molar-refractivity contribution in [2.75, 3.05) is 5.73 Å². The zero-order chi connectivity index (χ0) is 14.7. The summed E-state index contributed by atoms with van der Waals surface area (Å²) < 4.78 is 4.47. The second kappa shape index (κ2) is 6.21. The number of aromatic nitrogens is 2. The van der Waals surface area contributed by atoms with Gasteiger partial charge in [0.1, 0.15) is 5.52 Å². The van der Waals surface area contributed by atoms with E-state index in [9.17, 15) is 0 Å². The van der Waals surface area contributed by atoms with Crippen molar-refractivity contribution in [3.05, 3.63) is 40.4 Å². The van der Waals surface area contributed by atoms with Crippen LogP contribution in [-0.2, 0) is 0 Å². The molecule has 5 nitrogen and oxygen atoms in total. The lowest BCUT2D eigenvalue weighted by atomic mass is 10.3. The van der Waals surface area contributed by atoms with Crippen LogP contribution in [0.1, 0.15) is 0 Å². The first-order valence-electron chi connectivity index (χ1n) is 5.32. The number of aromatic hydroxyl groups is 1. The van der Waals surface area contributed by atoms with Gasteiger partial charge in [0, 0.05) is 4.90 Å². The Kier molecular flexibility index (Phi) is 4.59. The molecular weight excluding hydrogens is 321 g/mol. The van der Waals surface area contributed by atoms with Gasteiger partial charge < -0.3 is 10.8 Å². The molecule has 2 aromatic carbocycles. The molecule has 0 spiro atoms. The van der Waals surface area contributed by atoms with Crippen LogP contribution < -0.4 is 5.73 Å². The highest BCUT2D eigenvalue weighted by molar-refractivity contribution is 7.80. The van der Waals surface area contributed by atoms with Crippen molar-refractivity contribution in [1.29, 1.82) is 0 Å². The zero-order valence-corrected chi connectivity index (χ0v) is 12.3. The molecule has 0 saturated heterocycles. The molecule has 0 aliphatic carbocycles. The third-order valence-electron chi connectivity index (χ3n) is 2.32. The molecule has 3 aromatic rings. The molecule has 3 rings (SSSR count). The Morgan fingerprint density at radius 3 is 2.40 bits per heavy atom. The van der Waals surface area contributed by atoms with Crippen molar-refractivity contribution >= 4 is 52.6 Å². The minimum Gasteiger partial charge on any atom is -0.505 e. The van der Waals surface area contributed by atoms with E-state index in [4.69, 9.17) is 34.0 Å². The van der Waals surface area contributed by atoms with Crippen LogP contribution in [0.2, 0.25) is 10.0 Å². The fourth-order valence-electron chi connectivity index (χ4n) is 1.38. The van der Waals surface area contributed by atoms with Crippen molar-refractivity contribution in [2.24, 2.45) is 0 Å². The molecule has 104 valence electrons. The van der Waals surface area contributed by atoms with Crippen LogP contribution in [0.3, 0.4) is 0 Å². The van der Waals surface area contributed by atoms with Crippen molar-refractivity contribution in [3.63, 3.8) is 0 Å². The quantitative estimate of drug-likeness (QED) is 0.431. The predicted octanol–water partition coefficient (Wildman–Crippen LogP) is 3.79. The van der Waals surface area contributed by atoms with E-state index in [2.05, 4.69) is 27.6 Å². The van der Waals surface area contributed by atoms with E-state index in [-0.39, 0.29) is 15.8 Å². The third-order valence-corrected chi connectivity index (χ3v) is 3.15. The predicted molar refractivity (Wildman–Crippen MR) is 81.6 cm³/mol. The molecule has 0 aliphatic heterocycles. The van der Waals surface area contributed by atoms with Crippen molar-refractivity contribution < 1.29 is 9.74 Å². The molecule has 1 heterocycles. The summed E-state index contributed by atoms with van der Waals surface area (Å²) >= 11 is 15.1. The number of rotatable bonds is 0. The van der Waals surface area contributed by atoms with Gasteiger partial charge in [-0.25, -0.2) is 4.63 Å². The summed E-state index contributed by atoms with van der Waals surface area (Å²) in [6.45, 7) is 0. The van der Waals surface area contributed by atoms with E-state index in [1.807, 2.05) is 6.07 Å². The Bertz CT molecular complexity index is 725. The fourth-order valence-corrected chi connectivity index (χ4v) is 2.28. The van der Waals surface area contributed by atoms with Gasteiger partial charge in [0.05, 0.1) is 15.7 Å². The van der Waals surface area contributed by atoms with Gasteiger partial charge in [-0.05, 0) is 34.6 Å². The highest BCUT2D eigenvalue weighted by atomic mass is 35.5. The van der Waals surface area contributed by atoms with Crippen LogP contribution in [0.25, 0.3) is 11.0 Å². The minimum atomic E-state index is -0.0962. The Labute approximate surface area is 129 Å². The molecule has 0 fully saturated rings. The summed E-state index contributed by atoms with van der Waals surface area (Å²) in [4.78, 5) is 0.632. The van der Waals surface area contributed by atoms with Gasteiger partial charge in [-0.15, -0.1) is 12.6 Å². The SMILES string of the molecule is Nc1cccc2nonc12.Oc1c(Cl)cc(S)cc1Cl. The molecule has 0 atom stereocenters. The fraction of sp³-hybridized carbons (Fsp3) is 0. The van der Waals surface area contributed by atoms with Crippen molar-refractivity contribution in [2.45, 2.75) is 4.90 Å². The minimum absolute atomic E-state index is 0.0962. The lowest BCUT2D eigenvalue weighted by molar-refractivity contribution is 0.315. The molecule has 0 saturated carbocycles. The normalized spacial score (nSPS) is 10.2. The number of nitrogen functional groups attached to an aromatic ring is 1. The molecule has 20 heavy (non-hydrogen) atoms. The highest BCUT2D eigenvalue weighted by Crippen LogP contribution is 2.33. The van der Waals surface area contributed by atoms with Gasteiger partial charge in [-0.2, -0.15) is 0 Å². The highest BCUT2D eigenvalue weighted by Gasteiger charge is 2.03.